The van der Waals surface area contributed by atoms with Crippen LogP contribution < -0.4 is 11.1 Å². The summed E-state index contributed by atoms with van der Waals surface area (Å²) in [5.41, 5.74) is 6.20. The number of hydrogen-bond acceptors (Lipinski definition) is 2. The van der Waals surface area contributed by atoms with Gasteiger partial charge in [-0.1, -0.05) is 46.5 Å². The molecule has 3 nitrogen and oxygen atoms in total. The Morgan fingerprint density at radius 2 is 2.05 bits per heavy atom. The highest BCUT2D eigenvalue weighted by molar-refractivity contribution is 5.76. The van der Waals surface area contributed by atoms with Crippen molar-refractivity contribution in [2.45, 2.75) is 84.6 Å². The van der Waals surface area contributed by atoms with E-state index in [0.29, 0.717) is 18.4 Å². The molecule has 0 saturated heterocycles. The summed E-state index contributed by atoms with van der Waals surface area (Å²) in [5, 5.41) is 3.13. The highest BCUT2D eigenvalue weighted by atomic mass is 16.1. The van der Waals surface area contributed by atoms with Crippen molar-refractivity contribution >= 4 is 5.91 Å². The van der Waals surface area contributed by atoms with Crippen molar-refractivity contribution in [3.63, 3.8) is 0 Å². The third kappa shape index (κ3) is 7.28. The monoisotopic (exact) mass is 282 g/mol. The minimum absolute atomic E-state index is 0.215. The molecular weight excluding hydrogens is 248 g/mol. The van der Waals surface area contributed by atoms with Crippen LogP contribution in [0.4, 0.5) is 0 Å². The van der Waals surface area contributed by atoms with Crippen LogP contribution in [0.5, 0.6) is 0 Å². The van der Waals surface area contributed by atoms with Crippen LogP contribution in [0.15, 0.2) is 0 Å². The van der Waals surface area contributed by atoms with E-state index in [0.717, 1.165) is 19.4 Å². The molecule has 3 N–H and O–H groups in total. The number of nitrogens with one attached hydrogen (secondary N) is 1. The Balaban J connectivity index is 2.21. The minimum atomic E-state index is 0.215. The van der Waals surface area contributed by atoms with Gasteiger partial charge in [-0.25, -0.2) is 0 Å². The second-order valence-electron chi connectivity index (χ2n) is 7.39. The molecule has 1 amide bonds. The van der Waals surface area contributed by atoms with Crippen LogP contribution in [0.25, 0.3) is 0 Å². The molecule has 2 atom stereocenters. The molecule has 0 aromatic carbocycles. The van der Waals surface area contributed by atoms with Crippen LogP contribution >= 0.6 is 0 Å². The smallest absolute Gasteiger partial charge is 0.220 e. The minimum Gasteiger partial charge on any atom is -0.356 e. The number of rotatable bonds is 8. The Morgan fingerprint density at radius 3 is 2.70 bits per heavy atom. The molecule has 0 bridgehead atoms. The van der Waals surface area contributed by atoms with Gasteiger partial charge in [-0.3, -0.25) is 4.79 Å². The standard InChI is InChI=1S/C17H34N2O/c1-4-5-6-10-17(2,3)13-19-16(20)12-14-8-7-9-15(18)11-14/h14-15H,4-13,18H2,1-3H3,(H,19,20). The van der Waals surface area contributed by atoms with Crippen molar-refractivity contribution in [2.75, 3.05) is 6.54 Å². The number of carbonyl (C=O) groups excluding carboxylic acids is 1. The SMILES string of the molecule is CCCCCC(C)(C)CNC(=O)CC1CCCC(N)C1. The number of hydrogen-bond donors (Lipinski definition) is 2. The van der Waals surface area contributed by atoms with Crippen molar-refractivity contribution < 1.29 is 4.79 Å². The first-order valence-corrected chi connectivity index (χ1v) is 8.45. The van der Waals surface area contributed by atoms with Crippen LogP contribution in [0, 0.1) is 11.3 Å². The van der Waals surface area contributed by atoms with E-state index < -0.39 is 0 Å². The predicted octanol–water partition coefficient (Wildman–Crippen LogP) is 3.62. The molecule has 20 heavy (non-hydrogen) atoms. The van der Waals surface area contributed by atoms with Gasteiger partial charge >= 0.3 is 0 Å². The number of unbranched alkanes of at least 4 members (excludes halogenated alkanes) is 2. The summed E-state index contributed by atoms with van der Waals surface area (Å²) >= 11 is 0. The summed E-state index contributed by atoms with van der Waals surface area (Å²) < 4.78 is 0. The number of carbonyl (C=O) groups is 1. The van der Waals surface area contributed by atoms with Crippen LogP contribution in [0.3, 0.4) is 0 Å². The average Bonchev–Trinajstić information content (AvgIpc) is 2.37. The molecule has 0 spiro atoms. The molecular formula is C17H34N2O. The molecule has 118 valence electrons. The second-order valence-corrected chi connectivity index (χ2v) is 7.39. The number of nitrogens with two attached hydrogens (primary N) is 1. The Morgan fingerprint density at radius 1 is 1.30 bits per heavy atom. The number of amides is 1. The van der Waals surface area contributed by atoms with E-state index >= 15 is 0 Å². The van der Waals surface area contributed by atoms with Crippen LogP contribution in [-0.4, -0.2) is 18.5 Å². The zero-order chi connectivity index (χ0) is 15.0. The van der Waals surface area contributed by atoms with E-state index in [-0.39, 0.29) is 11.3 Å². The van der Waals surface area contributed by atoms with Gasteiger partial charge in [-0.2, -0.15) is 0 Å². The Labute approximate surface area is 125 Å². The van der Waals surface area contributed by atoms with E-state index in [1.807, 2.05) is 0 Å². The molecule has 1 aliphatic rings. The average molecular weight is 282 g/mol. The van der Waals surface area contributed by atoms with Gasteiger partial charge in [0.15, 0.2) is 0 Å². The third-order valence-electron chi connectivity index (χ3n) is 4.52. The summed E-state index contributed by atoms with van der Waals surface area (Å²) in [6.07, 6.45) is 10.2. The summed E-state index contributed by atoms with van der Waals surface area (Å²) in [7, 11) is 0. The fourth-order valence-corrected chi connectivity index (χ4v) is 3.13. The van der Waals surface area contributed by atoms with E-state index in [1.54, 1.807) is 0 Å². The Bertz CT molecular complexity index is 289. The van der Waals surface area contributed by atoms with E-state index in [9.17, 15) is 4.79 Å². The molecule has 1 saturated carbocycles. The first kappa shape index (κ1) is 17.5. The Hall–Kier alpha value is -0.570. The maximum atomic E-state index is 12.0. The fourth-order valence-electron chi connectivity index (χ4n) is 3.13. The van der Waals surface area contributed by atoms with Gasteiger partial charge in [0.25, 0.3) is 0 Å². The Kier molecular flexibility index (Phi) is 7.57. The lowest BCUT2D eigenvalue weighted by Crippen LogP contribution is -2.36. The van der Waals surface area contributed by atoms with Crippen LogP contribution in [0.2, 0.25) is 0 Å². The molecule has 0 aromatic heterocycles. The van der Waals surface area contributed by atoms with Gasteiger partial charge in [-0.15, -0.1) is 0 Å². The predicted molar refractivity (Wildman–Crippen MR) is 85.5 cm³/mol. The van der Waals surface area contributed by atoms with Crippen molar-refractivity contribution in [1.82, 2.24) is 5.32 Å². The van der Waals surface area contributed by atoms with Crippen LogP contribution in [0.1, 0.15) is 78.6 Å². The molecule has 1 rings (SSSR count). The highest BCUT2D eigenvalue weighted by Crippen LogP contribution is 2.26. The van der Waals surface area contributed by atoms with Crippen molar-refractivity contribution in [2.24, 2.45) is 17.1 Å². The second kappa shape index (κ2) is 8.66. The van der Waals surface area contributed by atoms with Crippen molar-refractivity contribution in [1.29, 1.82) is 0 Å². The lowest BCUT2D eigenvalue weighted by atomic mass is 9.83. The van der Waals surface area contributed by atoms with Gasteiger partial charge < -0.3 is 11.1 Å². The first-order chi connectivity index (χ1) is 9.43. The maximum Gasteiger partial charge on any atom is 0.220 e. The van der Waals surface area contributed by atoms with Gasteiger partial charge in [0, 0.05) is 19.0 Å². The quantitative estimate of drug-likeness (QED) is 0.668. The summed E-state index contributed by atoms with van der Waals surface area (Å²) in [5.74, 6) is 0.717. The van der Waals surface area contributed by atoms with Crippen molar-refractivity contribution in [3.05, 3.63) is 0 Å². The lowest BCUT2D eigenvalue weighted by Gasteiger charge is -2.28. The largest absolute Gasteiger partial charge is 0.356 e. The van der Waals surface area contributed by atoms with E-state index in [2.05, 4.69) is 26.1 Å². The van der Waals surface area contributed by atoms with Gasteiger partial charge in [-0.05, 0) is 37.0 Å². The summed E-state index contributed by atoms with van der Waals surface area (Å²) in [4.78, 5) is 12.0. The summed E-state index contributed by atoms with van der Waals surface area (Å²) in [6, 6.07) is 0.312. The van der Waals surface area contributed by atoms with E-state index in [1.165, 1.54) is 38.5 Å². The molecule has 3 heteroatoms. The normalized spacial score (nSPS) is 23.6. The summed E-state index contributed by atoms with van der Waals surface area (Å²) in [6.45, 7) is 7.52. The molecule has 0 aromatic rings. The molecule has 0 aliphatic heterocycles. The van der Waals surface area contributed by atoms with Crippen molar-refractivity contribution in [3.8, 4) is 0 Å². The topological polar surface area (TPSA) is 55.1 Å². The molecule has 1 fully saturated rings. The van der Waals surface area contributed by atoms with Gasteiger partial charge in [0.2, 0.25) is 5.91 Å². The molecule has 0 radical (unpaired) electrons. The van der Waals surface area contributed by atoms with Gasteiger partial charge in [0.05, 0.1) is 0 Å². The maximum absolute atomic E-state index is 12.0. The van der Waals surface area contributed by atoms with Crippen LogP contribution in [-0.2, 0) is 4.79 Å². The third-order valence-corrected chi connectivity index (χ3v) is 4.52. The fraction of sp³-hybridized carbons (Fsp3) is 0.941. The molecule has 2 unspecified atom stereocenters. The zero-order valence-electron chi connectivity index (χ0n) is 13.7. The van der Waals surface area contributed by atoms with Gasteiger partial charge in [0.1, 0.15) is 0 Å². The highest BCUT2D eigenvalue weighted by Gasteiger charge is 2.23. The molecule has 1 aliphatic carbocycles. The lowest BCUT2D eigenvalue weighted by molar-refractivity contribution is -0.122. The molecule has 0 heterocycles. The zero-order valence-corrected chi connectivity index (χ0v) is 13.7. The first-order valence-electron chi connectivity index (χ1n) is 8.45. The van der Waals surface area contributed by atoms with E-state index in [4.69, 9.17) is 5.73 Å².